The van der Waals surface area contributed by atoms with Crippen LogP contribution in [0.15, 0.2) is 12.1 Å². The third-order valence-electron chi connectivity index (χ3n) is 2.63. The Morgan fingerprint density at radius 1 is 1.41 bits per heavy atom. The molecule has 2 rings (SSSR count). The van der Waals surface area contributed by atoms with Crippen LogP contribution in [-0.4, -0.2) is 16.5 Å². The van der Waals surface area contributed by atoms with Crippen LogP contribution in [0.1, 0.15) is 32.1 Å². The molecule has 2 N–H and O–H groups in total. The van der Waals surface area contributed by atoms with Gasteiger partial charge in [0, 0.05) is 6.07 Å². The van der Waals surface area contributed by atoms with E-state index in [1.807, 2.05) is 6.92 Å². The number of hydrogen-bond donors (Lipinski definition) is 2. The molecule has 92 valence electrons. The summed E-state index contributed by atoms with van der Waals surface area (Å²) in [6, 6.07) is 2.09. The fourth-order valence-corrected chi connectivity index (χ4v) is 1.72. The van der Waals surface area contributed by atoms with E-state index in [0.717, 1.165) is 19.0 Å². The van der Waals surface area contributed by atoms with Gasteiger partial charge in [-0.25, -0.2) is 13.8 Å². The molecule has 0 bridgehead atoms. The molecule has 1 aromatic heterocycles. The van der Waals surface area contributed by atoms with Crippen LogP contribution in [0.3, 0.4) is 0 Å². The van der Waals surface area contributed by atoms with Crippen molar-refractivity contribution in [3.8, 4) is 0 Å². The van der Waals surface area contributed by atoms with E-state index in [1.54, 1.807) is 0 Å². The number of aromatic nitrogens is 2. The summed E-state index contributed by atoms with van der Waals surface area (Å²) in [5.41, 5.74) is 0.578. The molecular weight excluding hydrogens is 224 g/mol. The zero-order chi connectivity index (χ0) is 12.4. The van der Waals surface area contributed by atoms with Crippen molar-refractivity contribution in [2.24, 2.45) is 0 Å². The van der Waals surface area contributed by atoms with Gasteiger partial charge in [-0.05, 0) is 26.0 Å². The van der Waals surface area contributed by atoms with E-state index >= 15 is 0 Å². The SMILES string of the molecule is CCCNC(C)c1nc2c(F)cc(F)cc2[nH]1. The molecule has 1 atom stereocenters. The van der Waals surface area contributed by atoms with Gasteiger partial charge in [0.25, 0.3) is 0 Å². The zero-order valence-electron chi connectivity index (χ0n) is 9.85. The molecule has 5 heteroatoms. The molecular formula is C12H15F2N3. The second kappa shape index (κ2) is 4.79. The van der Waals surface area contributed by atoms with Crippen molar-refractivity contribution in [1.29, 1.82) is 0 Å². The highest BCUT2D eigenvalue weighted by molar-refractivity contribution is 5.75. The number of benzene rings is 1. The number of nitrogens with one attached hydrogen (secondary N) is 2. The van der Waals surface area contributed by atoms with Gasteiger partial charge in [0.1, 0.15) is 17.2 Å². The fourth-order valence-electron chi connectivity index (χ4n) is 1.72. The van der Waals surface area contributed by atoms with Gasteiger partial charge >= 0.3 is 0 Å². The monoisotopic (exact) mass is 239 g/mol. The highest BCUT2D eigenvalue weighted by Crippen LogP contribution is 2.20. The van der Waals surface area contributed by atoms with Crippen LogP contribution in [0.25, 0.3) is 11.0 Å². The quantitative estimate of drug-likeness (QED) is 0.861. The van der Waals surface area contributed by atoms with Crippen LogP contribution in [-0.2, 0) is 0 Å². The summed E-state index contributed by atoms with van der Waals surface area (Å²) in [5.74, 6) is -0.609. The zero-order valence-corrected chi connectivity index (χ0v) is 9.85. The molecule has 0 fully saturated rings. The first-order valence-electron chi connectivity index (χ1n) is 5.70. The van der Waals surface area contributed by atoms with Gasteiger partial charge in [0.15, 0.2) is 5.82 Å². The Morgan fingerprint density at radius 3 is 2.88 bits per heavy atom. The minimum atomic E-state index is -0.634. The van der Waals surface area contributed by atoms with E-state index in [-0.39, 0.29) is 11.6 Å². The number of fused-ring (bicyclic) bond motifs is 1. The number of hydrogen-bond acceptors (Lipinski definition) is 2. The molecule has 0 aliphatic carbocycles. The van der Waals surface area contributed by atoms with Crippen LogP contribution in [0, 0.1) is 11.6 Å². The molecule has 0 amide bonds. The van der Waals surface area contributed by atoms with Crippen LogP contribution in [0.4, 0.5) is 8.78 Å². The molecule has 0 spiro atoms. The summed E-state index contributed by atoms with van der Waals surface area (Å²) < 4.78 is 26.4. The van der Waals surface area contributed by atoms with Crippen molar-refractivity contribution < 1.29 is 8.78 Å². The Kier molecular flexibility index (Phi) is 3.38. The van der Waals surface area contributed by atoms with Crippen molar-refractivity contribution in [1.82, 2.24) is 15.3 Å². The van der Waals surface area contributed by atoms with Crippen LogP contribution >= 0.6 is 0 Å². The third-order valence-corrected chi connectivity index (χ3v) is 2.63. The van der Waals surface area contributed by atoms with E-state index < -0.39 is 11.6 Å². The number of H-pyrrole nitrogens is 1. The maximum Gasteiger partial charge on any atom is 0.153 e. The van der Waals surface area contributed by atoms with E-state index in [9.17, 15) is 8.78 Å². The standard InChI is InChI=1S/C12H15F2N3/c1-3-4-15-7(2)12-16-10-6-8(13)5-9(14)11(10)17-12/h5-7,15H,3-4H2,1-2H3,(H,16,17). The summed E-state index contributed by atoms with van der Waals surface area (Å²) >= 11 is 0. The third kappa shape index (κ3) is 2.44. The summed E-state index contributed by atoms with van der Waals surface area (Å²) in [6.07, 6.45) is 1.01. The molecule has 0 aliphatic rings. The van der Waals surface area contributed by atoms with Gasteiger partial charge in [-0.1, -0.05) is 6.92 Å². The van der Waals surface area contributed by atoms with Crippen molar-refractivity contribution in [2.75, 3.05) is 6.54 Å². The largest absolute Gasteiger partial charge is 0.340 e. The minimum Gasteiger partial charge on any atom is -0.340 e. The molecule has 0 radical (unpaired) electrons. The maximum absolute atomic E-state index is 13.4. The van der Waals surface area contributed by atoms with Crippen LogP contribution in [0.2, 0.25) is 0 Å². The van der Waals surface area contributed by atoms with Gasteiger partial charge in [-0.15, -0.1) is 0 Å². The average Bonchev–Trinajstić information content (AvgIpc) is 2.69. The van der Waals surface area contributed by atoms with Gasteiger partial charge < -0.3 is 10.3 Å². The van der Waals surface area contributed by atoms with Crippen LogP contribution < -0.4 is 5.32 Å². The molecule has 3 nitrogen and oxygen atoms in total. The Hall–Kier alpha value is -1.49. The summed E-state index contributed by atoms with van der Waals surface area (Å²) in [6.45, 7) is 4.85. The average molecular weight is 239 g/mol. The number of rotatable bonds is 4. The van der Waals surface area contributed by atoms with Crippen molar-refractivity contribution >= 4 is 11.0 Å². The van der Waals surface area contributed by atoms with Gasteiger partial charge in [0.05, 0.1) is 11.6 Å². The molecule has 2 aromatic rings. The predicted molar refractivity (Wildman–Crippen MR) is 62.7 cm³/mol. The fraction of sp³-hybridized carbons (Fsp3) is 0.417. The molecule has 17 heavy (non-hydrogen) atoms. The lowest BCUT2D eigenvalue weighted by Gasteiger charge is -2.09. The smallest absolute Gasteiger partial charge is 0.153 e. The summed E-state index contributed by atoms with van der Waals surface area (Å²) in [5, 5.41) is 3.23. The summed E-state index contributed by atoms with van der Waals surface area (Å²) in [4.78, 5) is 7.08. The maximum atomic E-state index is 13.4. The van der Waals surface area contributed by atoms with Crippen molar-refractivity contribution in [3.05, 3.63) is 29.6 Å². The highest BCUT2D eigenvalue weighted by Gasteiger charge is 2.13. The van der Waals surface area contributed by atoms with Crippen LogP contribution in [0.5, 0.6) is 0 Å². The van der Waals surface area contributed by atoms with Gasteiger partial charge in [-0.2, -0.15) is 0 Å². The van der Waals surface area contributed by atoms with Crippen molar-refractivity contribution in [2.45, 2.75) is 26.3 Å². The molecule has 0 saturated carbocycles. The minimum absolute atomic E-state index is 0.00943. The lowest BCUT2D eigenvalue weighted by atomic mass is 10.3. The van der Waals surface area contributed by atoms with Crippen molar-refractivity contribution in [3.63, 3.8) is 0 Å². The number of halogens is 2. The number of aromatic amines is 1. The van der Waals surface area contributed by atoms with E-state index in [2.05, 4.69) is 22.2 Å². The molecule has 1 aromatic carbocycles. The van der Waals surface area contributed by atoms with Gasteiger partial charge in [-0.3, -0.25) is 0 Å². The lowest BCUT2D eigenvalue weighted by molar-refractivity contribution is 0.549. The normalized spacial score (nSPS) is 13.2. The first-order chi connectivity index (χ1) is 8.11. The Labute approximate surface area is 98.2 Å². The lowest BCUT2D eigenvalue weighted by Crippen LogP contribution is -2.20. The Morgan fingerprint density at radius 2 is 2.18 bits per heavy atom. The number of imidazole rings is 1. The van der Waals surface area contributed by atoms with Gasteiger partial charge in [0.2, 0.25) is 0 Å². The second-order valence-corrected chi connectivity index (χ2v) is 4.08. The number of nitrogens with zero attached hydrogens (tertiary/aromatic N) is 1. The van der Waals surface area contributed by atoms with E-state index in [0.29, 0.717) is 11.3 Å². The molecule has 0 saturated heterocycles. The molecule has 0 aliphatic heterocycles. The highest BCUT2D eigenvalue weighted by atomic mass is 19.1. The summed E-state index contributed by atoms with van der Waals surface area (Å²) in [7, 11) is 0. The van der Waals surface area contributed by atoms with E-state index in [4.69, 9.17) is 0 Å². The Balaban J connectivity index is 2.34. The first-order valence-corrected chi connectivity index (χ1v) is 5.70. The Bertz CT molecular complexity index is 522. The molecule has 1 heterocycles. The second-order valence-electron chi connectivity index (χ2n) is 4.08. The topological polar surface area (TPSA) is 40.7 Å². The van der Waals surface area contributed by atoms with E-state index in [1.165, 1.54) is 6.07 Å². The predicted octanol–water partition coefficient (Wildman–Crippen LogP) is 2.90. The first kappa shape index (κ1) is 12.0. The molecule has 1 unspecified atom stereocenters.